The Kier molecular flexibility index (Phi) is 7.43. The molecule has 6 rings (SSSR count). The predicted octanol–water partition coefficient (Wildman–Crippen LogP) is 5.23. The Labute approximate surface area is 225 Å². The van der Waals surface area contributed by atoms with E-state index in [1.807, 2.05) is 6.92 Å². The molecule has 2 saturated heterocycles. The second-order valence-electron chi connectivity index (χ2n) is 12.0. The van der Waals surface area contributed by atoms with Gasteiger partial charge in [-0.1, -0.05) is 29.8 Å². The van der Waals surface area contributed by atoms with E-state index in [0.717, 1.165) is 86.4 Å². The fourth-order valence-electron chi connectivity index (χ4n) is 6.51. The van der Waals surface area contributed by atoms with Crippen LogP contribution in [-0.4, -0.2) is 59.9 Å². The summed E-state index contributed by atoms with van der Waals surface area (Å²) in [4.78, 5) is 19.5. The summed E-state index contributed by atoms with van der Waals surface area (Å²) in [6.45, 7) is 5.94. The van der Waals surface area contributed by atoms with Crippen molar-refractivity contribution in [2.45, 2.75) is 83.0 Å². The quantitative estimate of drug-likeness (QED) is 0.416. The lowest BCUT2D eigenvalue weighted by Crippen LogP contribution is -2.34. The number of nitrogens with one attached hydrogen (secondary N) is 1. The van der Waals surface area contributed by atoms with E-state index in [1.54, 1.807) is 0 Å². The molecule has 0 radical (unpaired) electrons. The van der Waals surface area contributed by atoms with Crippen molar-refractivity contribution in [3.05, 3.63) is 58.3 Å². The van der Waals surface area contributed by atoms with E-state index in [0.29, 0.717) is 18.6 Å². The summed E-state index contributed by atoms with van der Waals surface area (Å²) < 4.78 is 12.4. The van der Waals surface area contributed by atoms with Crippen LogP contribution in [0, 0.1) is 12.3 Å². The summed E-state index contributed by atoms with van der Waals surface area (Å²) in [7, 11) is 0. The number of fused-ring (bicyclic) bond motifs is 1. The van der Waals surface area contributed by atoms with Crippen molar-refractivity contribution in [3.8, 4) is 0 Å². The first-order chi connectivity index (χ1) is 18.5. The lowest BCUT2D eigenvalue weighted by atomic mass is 9.90. The molecule has 1 aliphatic carbocycles. The Balaban J connectivity index is 1.02. The molecule has 4 aliphatic rings. The van der Waals surface area contributed by atoms with Gasteiger partial charge in [0.05, 0.1) is 18.8 Å². The minimum atomic E-state index is -0.788. The normalized spacial score (nSPS) is 24.8. The molecule has 3 fully saturated rings. The van der Waals surface area contributed by atoms with E-state index in [-0.39, 0.29) is 12.2 Å². The summed E-state index contributed by atoms with van der Waals surface area (Å²) in [5, 5.41) is 13.8. The molecule has 0 bridgehead atoms. The average molecular weight is 520 g/mol. The zero-order chi connectivity index (χ0) is 26.1. The van der Waals surface area contributed by atoms with Crippen molar-refractivity contribution in [3.63, 3.8) is 0 Å². The highest BCUT2D eigenvalue weighted by molar-refractivity contribution is 5.76. The summed E-state index contributed by atoms with van der Waals surface area (Å²) in [5.41, 5.74) is 5.86. The molecule has 1 spiro atoms. The lowest BCUT2D eigenvalue weighted by molar-refractivity contribution is -0.143. The van der Waals surface area contributed by atoms with Gasteiger partial charge >= 0.3 is 5.97 Å². The Morgan fingerprint density at radius 1 is 1.29 bits per heavy atom. The summed E-state index contributed by atoms with van der Waals surface area (Å²) in [6.07, 6.45) is 9.70. The zero-order valence-electron chi connectivity index (χ0n) is 22.6. The number of hydrogen-bond donors (Lipinski definition) is 2. The van der Waals surface area contributed by atoms with Crippen LogP contribution >= 0.6 is 0 Å². The molecule has 7 heteroatoms. The van der Waals surface area contributed by atoms with E-state index in [2.05, 4.69) is 40.5 Å². The number of carboxylic acids is 1. The third-order valence-electron chi connectivity index (χ3n) is 8.96. The van der Waals surface area contributed by atoms with Crippen molar-refractivity contribution in [2.75, 3.05) is 38.2 Å². The van der Waals surface area contributed by atoms with Gasteiger partial charge in [-0.3, -0.25) is 9.69 Å². The zero-order valence-corrected chi connectivity index (χ0v) is 22.6. The first-order valence-corrected chi connectivity index (χ1v) is 14.5. The maximum absolute atomic E-state index is 12.6. The second kappa shape index (κ2) is 10.9. The Bertz CT molecular complexity index is 1160. The number of aryl methyl sites for hydroxylation is 3. The van der Waals surface area contributed by atoms with Crippen LogP contribution in [0.5, 0.6) is 0 Å². The number of anilines is 1. The minimum absolute atomic E-state index is 0.00462. The fourth-order valence-corrected chi connectivity index (χ4v) is 6.51. The molecule has 2 aromatic rings. The first-order valence-electron chi connectivity index (χ1n) is 14.5. The van der Waals surface area contributed by atoms with Gasteiger partial charge in [0, 0.05) is 31.9 Å². The largest absolute Gasteiger partial charge is 0.480 e. The molecule has 2 N–H and O–H groups in total. The van der Waals surface area contributed by atoms with Gasteiger partial charge in [0.25, 0.3) is 0 Å². The number of hydrogen-bond acceptors (Lipinski definition) is 6. The van der Waals surface area contributed by atoms with Crippen molar-refractivity contribution in [1.29, 1.82) is 0 Å². The highest BCUT2D eigenvalue weighted by atomic mass is 16.5. The number of aromatic nitrogens is 1. The number of aliphatic carboxylic acids is 1. The van der Waals surface area contributed by atoms with Gasteiger partial charge in [-0.25, -0.2) is 4.98 Å². The number of ether oxygens (including phenoxy) is 2. The van der Waals surface area contributed by atoms with Gasteiger partial charge < -0.3 is 19.9 Å². The van der Waals surface area contributed by atoms with Gasteiger partial charge in [-0.15, -0.1) is 0 Å². The maximum Gasteiger partial charge on any atom is 0.325 e. The number of unbranched alkanes of at least 4 members (excludes halogenated alkanes) is 1. The van der Waals surface area contributed by atoms with Crippen LogP contribution in [0.25, 0.3) is 0 Å². The fraction of sp³-hybridized carbons (Fsp3) is 0.613. The highest BCUT2D eigenvalue weighted by Crippen LogP contribution is 2.58. The summed E-state index contributed by atoms with van der Waals surface area (Å²) in [5.74, 6) is 0.274. The standard InChI is InChI=1S/C31H41N3O4/c1-21-7-10-25(27-18-31(12-13-31)20-38-27)26(17-21)28(30(35)36)34-15-11-24(19-34)37-16-3-2-6-23-9-8-22-5-4-14-32-29(22)33-23/h7-10,17,24,27-28H,2-6,11-16,18-20H2,1H3,(H,32,33)(H,35,36)/t24-,27?,28-/m1/s1. The van der Waals surface area contributed by atoms with Crippen molar-refractivity contribution >= 4 is 11.8 Å². The number of benzene rings is 1. The predicted molar refractivity (Wildman–Crippen MR) is 146 cm³/mol. The van der Waals surface area contributed by atoms with Crippen LogP contribution in [0.15, 0.2) is 30.3 Å². The molecular formula is C31H41N3O4. The van der Waals surface area contributed by atoms with Crippen molar-refractivity contribution < 1.29 is 19.4 Å². The number of nitrogens with zero attached hydrogens (tertiary/aromatic N) is 2. The molecule has 4 heterocycles. The van der Waals surface area contributed by atoms with Gasteiger partial charge in [0.1, 0.15) is 11.9 Å². The van der Waals surface area contributed by atoms with Crippen LogP contribution in [0.2, 0.25) is 0 Å². The minimum Gasteiger partial charge on any atom is -0.480 e. The van der Waals surface area contributed by atoms with E-state index in [1.165, 1.54) is 24.8 Å². The SMILES string of the molecule is Cc1ccc(C2CC3(CC3)CO2)c([C@H](C(=O)O)N2CC[C@@H](OCCCCc3ccc4c(n3)NCCC4)C2)c1. The van der Waals surface area contributed by atoms with Crippen molar-refractivity contribution in [1.82, 2.24) is 9.88 Å². The average Bonchev–Trinajstić information content (AvgIpc) is 3.30. The summed E-state index contributed by atoms with van der Waals surface area (Å²) >= 11 is 0. The van der Waals surface area contributed by atoms with Crippen LogP contribution < -0.4 is 5.32 Å². The maximum atomic E-state index is 12.6. The van der Waals surface area contributed by atoms with Crippen LogP contribution in [0.1, 0.15) is 85.0 Å². The Hall–Kier alpha value is -2.48. The number of carbonyl (C=O) groups is 1. The first kappa shape index (κ1) is 25.8. The molecular weight excluding hydrogens is 478 g/mol. The topological polar surface area (TPSA) is 83.9 Å². The van der Waals surface area contributed by atoms with Crippen LogP contribution in [-0.2, 0) is 27.1 Å². The smallest absolute Gasteiger partial charge is 0.325 e. The Morgan fingerprint density at radius 3 is 3.00 bits per heavy atom. The molecule has 7 nitrogen and oxygen atoms in total. The van der Waals surface area contributed by atoms with E-state index in [9.17, 15) is 9.90 Å². The van der Waals surface area contributed by atoms with Gasteiger partial charge in [-0.2, -0.15) is 0 Å². The van der Waals surface area contributed by atoms with Crippen LogP contribution in [0.4, 0.5) is 5.82 Å². The lowest BCUT2D eigenvalue weighted by Gasteiger charge is -2.28. The summed E-state index contributed by atoms with van der Waals surface area (Å²) in [6, 6.07) is 9.97. The Morgan fingerprint density at radius 2 is 2.18 bits per heavy atom. The number of carboxylic acid groups (broad SMARTS) is 1. The van der Waals surface area contributed by atoms with Gasteiger partial charge in [-0.05, 0) is 92.9 Å². The molecule has 3 atom stereocenters. The molecule has 204 valence electrons. The number of likely N-dealkylation sites (tertiary alicyclic amines) is 1. The molecule has 3 aliphatic heterocycles. The molecule has 1 saturated carbocycles. The molecule has 1 aromatic carbocycles. The molecule has 0 amide bonds. The molecule has 1 unspecified atom stereocenters. The van der Waals surface area contributed by atoms with Crippen molar-refractivity contribution in [2.24, 2.45) is 5.41 Å². The van der Waals surface area contributed by atoms with E-state index >= 15 is 0 Å². The molecule has 1 aromatic heterocycles. The number of pyridine rings is 1. The number of rotatable bonds is 10. The van der Waals surface area contributed by atoms with E-state index in [4.69, 9.17) is 14.5 Å². The van der Waals surface area contributed by atoms with Gasteiger partial charge in [0.2, 0.25) is 0 Å². The monoisotopic (exact) mass is 519 g/mol. The third kappa shape index (κ3) is 5.61. The molecule has 38 heavy (non-hydrogen) atoms. The van der Waals surface area contributed by atoms with Crippen LogP contribution in [0.3, 0.4) is 0 Å². The van der Waals surface area contributed by atoms with Gasteiger partial charge in [0.15, 0.2) is 0 Å². The van der Waals surface area contributed by atoms with E-state index < -0.39 is 12.0 Å². The highest BCUT2D eigenvalue weighted by Gasteiger charge is 2.50. The third-order valence-corrected chi connectivity index (χ3v) is 8.96. The second-order valence-corrected chi connectivity index (χ2v) is 12.0.